The summed E-state index contributed by atoms with van der Waals surface area (Å²) in [5.74, 6) is 1.63. The van der Waals surface area contributed by atoms with Crippen LogP contribution in [-0.2, 0) is 16.0 Å². The Kier molecular flexibility index (Phi) is 4.19. The number of fused-ring (bicyclic) bond motifs is 1. The molecule has 1 aromatic rings. The van der Waals surface area contributed by atoms with Gasteiger partial charge < -0.3 is 24.3 Å². The Morgan fingerprint density at radius 2 is 2.12 bits per heavy atom. The summed E-state index contributed by atoms with van der Waals surface area (Å²) in [7, 11) is 3.24. The normalized spacial score (nSPS) is 13.4. The molecule has 0 saturated carbocycles. The second-order valence-electron chi connectivity index (χ2n) is 3.68. The number of hydrogen-bond donors (Lipinski definition) is 1. The average molecular weight is 239 g/mol. The summed E-state index contributed by atoms with van der Waals surface area (Å²) in [6, 6.07) is 5.86. The Hall–Kier alpha value is -1.30. The lowest BCUT2D eigenvalue weighted by Crippen LogP contribution is -2.29. The van der Waals surface area contributed by atoms with Crippen molar-refractivity contribution in [3.8, 4) is 11.5 Å². The van der Waals surface area contributed by atoms with Crippen LogP contribution in [0.5, 0.6) is 11.5 Å². The van der Waals surface area contributed by atoms with Crippen LogP contribution < -0.4 is 14.8 Å². The number of ether oxygens (including phenoxy) is 4. The second kappa shape index (κ2) is 5.86. The third kappa shape index (κ3) is 2.88. The first-order valence-corrected chi connectivity index (χ1v) is 5.49. The van der Waals surface area contributed by atoms with E-state index in [4.69, 9.17) is 18.9 Å². The van der Waals surface area contributed by atoms with Crippen molar-refractivity contribution < 1.29 is 18.9 Å². The van der Waals surface area contributed by atoms with Crippen LogP contribution in [-0.4, -0.2) is 33.8 Å². The van der Waals surface area contributed by atoms with Gasteiger partial charge in [0.05, 0.1) is 0 Å². The smallest absolute Gasteiger partial charge is 0.231 e. The van der Waals surface area contributed by atoms with Crippen LogP contribution in [0.1, 0.15) is 5.56 Å². The number of nitrogens with one attached hydrogen (secondary N) is 1. The summed E-state index contributed by atoms with van der Waals surface area (Å²) < 4.78 is 20.9. The van der Waals surface area contributed by atoms with E-state index in [-0.39, 0.29) is 6.29 Å². The molecule has 0 saturated heterocycles. The number of benzene rings is 1. The van der Waals surface area contributed by atoms with Gasteiger partial charge in [-0.15, -0.1) is 0 Å². The van der Waals surface area contributed by atoms with Crippen LogP contribution in [0.2, 0.25) is 0 Å². The molecule has 1 aromatic carbocycles. The quantitative estimate of drug-likeness (QED) is 0.754. The van der Waals surface area contributed by atoms with Crippen LogP contribution in [0.4, 0.5) is 0 Å². The van der Waals surface area contributed by atoms with Gasteiger partial charge in [-0.05, 0) is 6.07 Å². The van der Waals surface area contributed by atoms with Crippen molar-refractivity contribution in [1.29, 1.82) is 0 Å². The molecule has 0 aliphatic carbocycles. The Balaban J connectivity index is 1.89. The van der Waals surface area contributed by atoms with Crippen molar-refractivity contribution >= 4 is 0 Å². The van der Waals surface area contributed by atoms with E-state index < -0.39 is 0 Å². The molecule has 0 spiro atoms. The zero-order valence-electron chi connectivity index (χ0n) is 10.1. The fourth-order valence-electron chi connectivity index (χ4n) is 1.72. The molecule has 5 nitrogen and oxygen atoms in total. The molecule has 2 rings (SSSR count). The molecule has 0 bridgehead atoms. The number of rotatable bonds is 6. The van der Waals surface area contributed by atoms with E-state index in [1.807, 2.05) is 18.2 Å². The molecule has 1 aliphatic rings. The minimum Gasteiger partial charge on any atom is -0.454 e. The minimum atomic E-state index is -0.232. The van der Waals surface area contributed by atoms with Crippen molar-refractivity contribution in [3.05, 3.63) is 23.8 Å². The first-order chi connectivity index (χ1) is 8.35. The highest BCUT2D eigenvalue weighted by Gasteiger charge is 2.16. The molecule has 17 heavy (non-hydrogen) atoms. The molecule has 94 valence electrons. The fraction of sp³-hybridized carbons (Fsp3) is 0.500. The van der Waals surface area contributed by atoms with Gasteiger partial charge in [-0.1, -0.05) is 12.1 Å². The predicted molar refractivity (Wildman–Crippen MR) is 62.1 cm³/mol. The third-order valence-corrected chi connectivity index (χ3v) is 2.63. The molecular formula is C12H17NO4. The summed E-state index contributed by atoms with van der Waals surface area (Å²) in [5.41, 5.74) is 1.07. The van der Waals surface area contributed by atoms with Crippen molar-refractivity contribution in [2.75, 3.05) is 27.6 Å². The van der Waals surface area contributed by atoms with Crippen molar-refractivity contribution in [3.63, 3.8) is 0 Å². The maximum atomic E-state index is 5.42. The predicted octanol–water partition coefficient (Wildman–Crippen LogP) is 1.12. The number of methoxy groups -OCH3 is 2. The maximum absolute atomic E-state index is 5.42. The van der Waals surface area contributed by atoms with Gasteiger partial charge in [0.2, 0.25) is 6.79 Å². The fourth-order valence-corrected chi connectivity index (χ4v) is 1.72. The van der Waals surface area contributed by atoms with Gasteiger partial charge in [-0.2, -0.15) is 0 Å². The Bertz CT molecular complexity index is 366. The molecule has 0 atom stereocenters. The lowest BCUT2D eigenvalue weighted by atomic mass is 10.2. The molecule has 0 unspecified atom stereocenters. The first-order valence-electron chi connectivity index (χ1n) is 5.49. The monoisotopic (exact) mass is 239 g/mol. The molecule has 1 heterocycles. The van der Waals surface area contributed by atoms with E-state index in [0.717, 1.165) is 17.1 Å². The molecule has 0 amide bonds. The van der Waals surface area contributed by atoms with Crippen molar-refractivity contribution in [2.45, 2.75) is 12.8 Å². The van der Waals surface area contributed by atoms with Gasteiger partial charge in [0, 0.05) is 32.9 Å². The highest BCUT2D eigenvalue weighted by atomic mass is 16.7. The highest BCUT2D eigenvalue weighted by molar-refractivity contribution is 5.48. The summed E-state index contributed by atoms with van der Waals surface area (Å²) >= 11 is 0. The molecule has 0 fully saturated rings. The summed E-state index contributed by atoms with van der Waals surface area (Å²) in [6.45, 7) is 1.61. The lowest BCUT2D eigenvalue weighted by Gasteiger charge is -2.14. The van der Waals surface area contributed by atoms with E-state index in [9.17, 15) is 0 Å². The average Bonchev–Trinajstić information content (AvgIpc) is 2.83. The van der Waals surface area contributed by atoms with Gasteiger partial charge in [0.25, 0.3) is 0 Å². The molecule has 0 aromatic heterocycles. The Labute approximate surface area is 101 Å². The van der Waals surface area contributed by atoms with Crippen LogP contribution in [0.3, 0.4) is 0 Å². The SMILES string of the molecule is COC(CNCc1cccc2c1OCO2)OC. The van der Waals surface area contributed by atoms with Gasteiger partial charge in [-0.25, -0.2) is 0 Å². The standard InChI is InChI=1S/C12H17NO4/c1-14-11(15-2)7-13-6-9-4-3-5-10-12(9)17-8-16-10/h3-5,11,13H,6-8H2,1-2H3. The van der Waals surface area contributed by atoms with E-state index in [2.05, 4.69) is 5.32 Å². The van der Waals surface area contributed by atoms with Crippen molar-refractivity contribution in [2.24, 2.45) is 0 Å². The second-order valence-corrected chi connectivity index (χ2v) is 3.68. The maximum Gasteiger partial charge on any atom is 0.231 e. The van der Waals surface area contributed by atoms with Gasteiger partial charge in [0.1, 0.15) is 0 Å². The van der Waals surface area contributed by atoms with Gasteiger partial charge in [0.15, 0.2) is 17.8 Å². The largest absolute Gasteiger partial charge is 0.454 e. The van der Waals surface area contributed by atoms with Gasteiger partial charge >= 0.3 is 0 Å². The molecule has 1 N–H and O–H groups in total. The summed E-state index contributed by atoms with van der Waals surface area (Å²) in [6.07, 6.45) is -0.232. The summed E-state index contributed by atoms with van der Waals surface area (Å²) in [5, 5.41) is 3.25. The van der Waals surface area contributed by atoms with Crippen LogP contribution in [0.25, 0.3) is 0 Å². The van der Waals surface area contributed by atoms with E-state index >= 15 is 0 Å². The molecule has 0 radical (unpaired) electrons. The van der Waals surface area contributed by atoms with Crippen LogP contribution >= 0.6 is 0 Å². The Morgan fingerprint density at radius 3 is 2.88 bits per heavy atom. The van der Waals surface area contributed by atoms with E-state index in [1.54, 1.807) is 14.2 Å². The lowest BCUT2D eigenvalue weighted by molar-refractivity contribution is -0.0989. The third-order valence-electron chi connectivity index (χ3n) is 2.63. The van der Waals surface area contributed by atoms with Crippen LogP contribution in [0, 0.1) is 0 Å². The highest BCUT2D eigenvalue weighted by Crippen LogP contribution is 2.35. The minimum absolute atomic E-state index is 0.232. The molecule has 5 heteroatoms. The van der Waals surface area contributed by atoms with E-state index in [1.165, 1.54) is 0 Å². The van der Waals surface area contributed by atoms with Gasteiger partial charge in [-0.3, -0.25) is 0 Å². The zero-order valence-corrected chi connectivity index (χ0v) is 10.1. The topological polar surface area (TPSA) is 49.0 Å². The van der Waals surface area contributed by atoms with E-state index in [0.29, 0.717) is 19.9 Å². The van der Waals surface area contributed by atoms with Crippen LogP contribution in [0.15, 0.2) is 18.2 Å². The molecular weight excluding hydrogens is 222 g/mol. The molecule has 1 aliphatic heterocycles. The number of para-hydroxylation sites is 1. The summed E-state index contributed by atoms with van der Waals surface area (Å²) in [4.78, 5) is 0. The zero-order chi connectivity index (χ0) is 12.1. The Morgan fingerprint density at radius 1 is 1.29 bits per heavy atom. The number of hydrogen-bond acceptors (Lipinski definition) is 5. The first kappa shape index (κ1) is 12.2. The van der Waals surface area contributed by atoms with Crippen molar-refractivity contribution in [1.82, 2.24) is 5.32 Å².